The minimum Gasteiger partial charge on any atom is -0.492 e. The van der Waals surface area contributed by atoms with E-state index in [9.17, 15) is 10.1 Å². The van der Waals surface area contributed by atoms with Crippen LogP contribution in [0.5, 0.6) is 5.75 Å². The van der Waals surface area contributed by atoms with Crippen LogP contribution in [-0.4, -0.2) is 32.0 Å². The second-order valence-corrected chi connectivity index (χ2v) is 6.41. The maximum atomic E-state index is 10.8. The third-order valence-electron chi connectivity index (χ3n) is 3.21. The van der Waals surface area contributed by atoms with Gasteiger partial charge < -0.3 is 4.74 Å². The van der Waals surface area contributed by atoms with E-state index < -0.39 is 4.92 Å². The van der Waals surface area contributed by atoms with Gasteiger partial charge in [-0.15, -0.1) is 10.2 Å². The number of nitro groups is 1. The minimum absolute atomic E-state index is 0.00542. The highest BCUT2D eigenvalue weighted by Gasteiger charge is 2.09. The van der Waals surface area contributed by atoms with E-state index in [1.807, 2.05) is 22.8 Å². The topological polar surface area (TPSA) is 83.1 Å². The van der Waals surface area contributed by atoms with Gasteiger partial charge in [0.05, 0.1) is 23.3 Å². The van der Waals surface area contributed by atoms with Crippen LogP contribution < -0.4 is 4.74 Å². The Morgan fingerprint density at radius 2 is 2.08 bits per heavy atom. The van der Waals surface area contributed by atoms with Crippen molar-refractivity contribution in [3.05, 3.63) is 70.0 Å². The van der Waals surface area contributed by atoms with Gasteiger partial charge in [-0.05, 0) is 24.3 Å². The van der Waals surface area contributed by atoms with Crippen LogP contribution in [0.15, 0.2) is 60.0 Å². The molecule has 0 radical (unpaired) electrons. The lowest BCUT2D eigenvalue weighted by Gasteiger charge is -2.08. The predicted molar refractivity (Wildman–Crippen MR) is 95.7 cm³/mol. The molecule has 1 aromatic heterocycles. The molecule has 0 N–H and O–H groups in total. The number of aromatic nitrogens is 3. The summed E-state index contributed by atoms with van der Waals surface area (Å²) < 4.78 is 7.39. The van der Waals surface area contributed by atoms with E-state index in [1.165, 1.54) is 23.9 Å². The Kier molecular flexibility index (Phi) is 5.52. The van der Waals surface area contributed by atoms with E-state index in [4.69, 9.17) is 16.3 Å². The van der Waals surface area contributed by atoms with Gasteiger partial charge in [0.2, 0.25) is 0 Å². The Labute approximate surface area is 152 Å². The van der Waals surface area contributed by atoms with Gasteiger partial charge in [-0.3, -0.25) is 14.7 Å². The van der Waals surface area contributed by atoms with Crippen molar-refractivity contribution < 1.29 is 9.66 Å². The maximum absolute atomic E-state index is 10.8. The number of hydrogen-bond donors (Lipinski definition) is 0. The minimum atomic E-state index is -0.449. The first-order chi connectivity index (χ1) is 12.1. The van der Waals surface area contributed by atoms with Gasteiger partial charge in [0.1, 0.15) is 12.1 Å². The van der Waals surface area contributed by atoms with E-state index in [2.05, 4.69) is 10.2 Å². The van der Waals surface area contributed by atoms with Crippen molar-refractivity contribution in [2.24, 2.45) is 0 Å². The highest BCUT2D eigenvalue weighted by atomic mass is 35.5. The van der Waals surface area contributed by atoms with Crippen LogP contribution in [0.1, 0.15) is 0 Å². The summed E-state index contributed by atoms with van der Waals surface area (Å²) in [5.41, 5.74) is 0.880. The summed E-state index contributed by atoms with van der Waals surface area (Å²) in [6, 6.07) is 13.5. The number of rotatable bonds is 7. The maximum Gasteiger partial charge on any atom is 0.273 e. The molecule has 0 spiro atoms. The first kappa shape index (κ1) is 17.2. The highest BCUT2D eigenvalue weighted by molar-refractivity contribution is 7.99. The zero-order valence-corrected chi connectivity index (χ0v) is 14.5. The van der Waals surface area contributed by atoms with Gasteiger partial charge in [0.15, 0.2) is 5.16 Å². The number of nitrogens with zero attached hydrogens (tertiary/aromatic N) is 4. The standard InChI is InChI=1S/C16H13ClN4O3S/c17-12-3-1-4-13(9-12)20-11-18-19-16(20)25-8-7-24-15-6-2-5-14(10-15)21(22)23/h1-6,9-11H,7-8H2. The molecule has 0 unspecified atom stereocenters. The number of ether oxygens (including phenoxy) is 1. The summed E-state index contributed by atoms with van der Waals surface area (Å²) in [5.74, 6) is 1.08. The van der Waals surface area contributed by atoms with E-state index in [0.717, 1.165) is 5.69 Å². The second kappa shape index (κ2) is 8.00. The summed E-state index contributed by atoms with van der Waals surface area (Å²) in [5, 5.41) is 20.1. The first-order valence-electron chi connectivity index (χ1n) is 7.29. The van der Waals surface area contributed by atoms with Gasteiger partial charge in [0, 0.05) is 16.8 Å². The van der Waals surface area contributed by atoms with Crippen molar-refractivity contribution in [2.45, 2.75) is 5.16 Å². The Morgan fingerprint density at radius 3 is 2.88 bits per heavy atom. The largest absolute Gasteiger partial charge is 0.492 e. The molecule has 0 bridgehead atoms. The Hall–Kier alpha value is -2.58. The van der Waals surface area contributed by atoms with Gasteiger partial charge in [0.25, 0.3) is 5.69 Å². The molecule has 25 heavy (non-hydrogen) atoms. The fourth-order valence-corrected chi connectivity index (χ4v) is 3.04. The van der Waals surface area contributed by atoms with Crippen LogP contribution >= 0.6 is 23.4 Å². The molecule has 0 aliphatic heterocycles. The number of non-ortho nitro benzene ring substituents is 1. The summed E-state index contributed by atoms with van der Waals surface area (Å²) in [7, 11) is 0. The lowest BCUT2D eigenvalue weighted by atomic mass is 10.3. The zero-order valence-electron chi connectivity index (χ0n) is 12.9. The molecule has 0 fully saturated rings. The number of thioether (sulfide) groups is 1. The average molecular weight is 377 g/mol. The molecular formula is C16H13ClN4O3S. The molecule has 0 amide bonds. The summed E-state index contributed by atoms with van der Waals surface area (Å²) in [6.07, 6.45) is 1.62. The number of halogens is 1. The van der Waals surface area contributed by atoms with Crippen molar-refractivity contribution in [3.8, 4) is 11.4 Å². The van der Waals surface area contributed by atoms with E-state index in [-0.39, 0.29) is 5.69 Å². The van der Waals surface area contributed by atoms with Crippen molar-refractivity contribution in [1.82, 2.24) is 14.8 Å². The zero-order chi connectivity index (χ0) is 17.6. The first-order valence-corrected chi connectivity index (χ1v) is 8.66. The normalized spacial score (nSPS) is 10.6. The van der Waals surface area contributed by atoms with Gasteiger partial charge >= 0.3 is 0 Å². The molecule has 3 rings (SSSR count). The van der Waals surface area contributed by atoms with Gasteiger partial charge in [-0.2, -0.15) is 0 Å². The van der Waals surface area contributed by atoms with E-state index >= 15 is 0 Å². The molecule has 2 aromatic carbocycles. The molecule has 1 heterocycles. The number of hydrogen-bond acceptors (Lipinski definition) is 6. The van der Waals surface area contributed by atoms with Crippen LogP contribution in [0.25, 0.3) is 5.69 Å². The van der Waals surface area contributed by atoms with Gasteiger partial charge in [-0.25, -0.2) is 0 Å². The Balaban J connectivity index is 1.58. The molecule has 7 nitrogen and oxygen atoms in total. The van der Waals surface area contributed by atoms with E-state index in [1.54, 1.807) is 24.5 Å². The van der Waals surface area contributed by atoms with Crippen LogP contribution in [-0.2, 0) is 0 Å². The third-order valence-corrected chi connectivity index (χ3v) is 4.36. The number of nitro benzene ring substituents is 1. The molecule has 128 valence electrons. The monoisotopic (exact) mass is 376 g/mol. The predicted octanol–water partition coefficient (Wildman–Crippen LogP) is 4.00. The van der Waals surface area contributed by atoms with Gasteiger partial charge in [-0.1, -0.05) is 35.5 Å². The summed E-state index contributed by atoms with van der Waals surface area (Å²) in [6.45, 7) is 0.383. The van der Waals surface area contributed by atoms with Crippen LogP contribution in [0.4, 0.5) is 5.69 Å². The summed E-state index contributed by atoms with van der Waals surface area (Å²) in [4.78, 5) is 10.3. The fraction of sp³-hybridized carbons (Fsp3) is 0.125. The third kappa shape index (κ3) is 4.49. The smallest absolute Gasteiger partial charge is 0.273 e. The van der Waals surface area contributed by atoms with Crippen molar-refractivity contribution in [1.29, 1.82) is 0 Å². The lowest BCUT2D eigenvalue weighted by Crippen LogP contribution is -2.02. The Bertz CT molecular complexity index is 887. The molecule has 3 aromatic rings. The molecule has 0 aliphatic rings. The fourth-order valence-electron chi connectivity index (χ4n) is 2.11. The van der Waals surface area contributed by atoms with Crippen LogP contribution in [0.3, 0.4) is 0 Å². The quantitative estimate of drug-likeness (QED) is 0.268. The molecule has 0 atom stereocenters. The average Bonchev–Trinajstić information content (AvgIpc) is 3.07. The Morgan fingerprint density at radius 1 is 1.24 bits per heavy atom. The highest BCUT2D eigenvalue weighted by Crippen LogP contribution is 2.23. The van der Waals surface area contributed by atoms with Crippen molar-refractivity contribution in [2.75, 3.05) is 12.4 Å². The molecule has 9 heteroatoms. The second-order valence-electron chi connectivity index (χ2n) is 4.91. The van der Waals surface area contributed by atoms with Crippen molar-refractivity contribution >= 4 is 29.1 Å². The SMILES string of the molecule is O=[N+]([O-])c1cccc(OCCSc2nncn2-c2cccc(Cl)c2)c1. The van der Waals surface area contributed by atoms with Crippen molar-refractivity contribution in [3.63, 3.8) is 0 Å². The molecule has 0 saturated carbocycles. The lowest BCUT2D eigenvalue weighted by molar-refractivity contribution is -0.384. The molecule has 0 aliphatic carbocycles. The van der Waals surface area contributed by atoms with Crippen LogP contribution in [0.2, 0.25) is 5.02 Å². The molecular weight excluding hydrogens is 364 g/mol. The van der Waals surface area contributed by atoms with E-state index in [0.29, 0.717) is 28.3 Å². The summed E-state index contributed by atoms with van der Waals surface area (Å²) >= 11 is 7.49. The van der Waals surface area contributed by atoms with Crippen LogP contribution in [0, 0.1) is 10.1 Å². The molecule has 0 saturated heterocycles. The number of benzene rings is 2.